The van der Waals surface area contributed by atoms with Gasteiger partial charge in [-0.2, -0.15) is 0 Å². The Morgan fingerprint density at radius 1 is 1.36 bits per heavy atom. The van der Waals surface area contributed by atoms with E-state index in [0.717, 1.165) is 4.88 Å². The summed E-state index contributed by atoms with van der Waals surface area (Å²) in [6, 6.07) is 5.14. The van der Waals surface area contributed by atoms with Crippen LogP contribution in [0.15, 0.2) is 33.4 Å². The molecule has 0 atom stereocenters. The summed E-state index contributed by atoms with van der Waals surface area (Å²) < 4.78 is 10.2. The molecule has 3 aromatic rings. The summed E-state index contributed by atoms with van der Waals surface area (Å²) >= 11 is 1.37. The third kappa shape index (κ3) is 3.77. The van der Waals surface area contributed by atoms with Crippen LogP contribution in [0, 0.1) is 13.8 Å². The monoisotopic (exact) mass is 360 g/mol. The molecule has 0 fully saturated rings. The van der Waals surface area contributed by atoms with Crippen molar-refractivity contribution in [2.75, 3.05) is 18.9 Å². The molecule has 0 aliphatic rings. The van der Waals surface area contributed by atoms with Gasteiger partial charge in [0.2, 0.25) is 5.91 Å². The van der Waals surface area contributed by atoms with Crippen molar-refractivity contribution < 1.29 is 18.5 Å². The lowest BCUT2D eigenvalue weighted by atomic mass is 10.3. The van der Waals surface area contributed by atoms with E-state index in [4.69, 9.17) is 8.94 Å². The minimum absolute atomic E-state index is 0.127. The molecule has 0 bridgehead atoms. The summed E-state index contributed by atoms with van der Waals surface area (Å²) in [4.78, 5) is 31.0. The quantitative estimate of drug-likeness (QED) is 0.751. The van der Waals surface area contributed by atoms with E-state index in [1.165, 1.54) is 16.2 Å². The normalized spacial score (nSPS) is 10.7. The number of anilines is 1. The van der Waals surface area contributed by atoms with Gasteiger partial charge >= 0.3 is 0 Å². The highest BCUT2D eigenvalue weighted by molar-refractivity contribution is 7.15. The van der Waals surface area contributed by atoms with E-state index in [9.17, 15) is 9.59 Å². The molecular weight excluding hydrogens is 344 g/mol. The van der Waals surface area contributed by atoms with Crippen LogP contribution in [-0.2, 0) is 4.79 Å². The van der Waals surface area contributed by atoms with Crippen molar-refractivity contribution in [1.29, 1.82) is 0 Å². The number of aryl methyl sites for hydroxylation is 2. The van der Waals surface area contributed by atoms with Crippen molar-refractivity contribution >= 4 is 29.0 Å². The molecule has 130 valence electrons. The fraction of sp³-hybridized carbons (Fsp3) is 0.250. The minimum Gasteiger partial charge on any atom is -0.462 e. The Labute approximate surface area is 147 Å². The molecule has 8 nitrogen and oxygen atoms in total. The first-order valence-corrected chi connectivity index (χ1v) is 8.25. The molecule has 0 saturated carbocycles. The van der Waals surface area contributed by atoms with E-state index in [1.807, 2.05) is 6.92 Å². The van der Waals surface area contributed by atoms with Gasteiger partial charge in [-0.3, -0.25) is 9.59 Å². The second-order valence-electron chi connectivity index (χ2n) is 5.43. The van der Waals surface area contributed by atoms with E-state index in [2.05, 4.69) is 15.5 Å². The average molecular weight is 360 g/mol. The van der Waals surface area contributed by atoms with Crippen LogP contribution in [0.5, 0.6) is 0 Å². The van der Waals surface area contributed by atoms with Crippen LogP contribution in [0.1, 0.15) is 21.1 Å². The maximum atomic E-state index is 12.6. The Morgan fingerprint density at radius 3 is 2.80 bits per heavy atom. The van der Waals surface area contributed by atoms with Gasteiger partial charge in [0.1, 0.15) is 11.5 Å². The van der Waals surface area contributed by atoms with Crippen molar-refractivity contribution in [3.8, 4) is 10.8 Å². The molecule has 3 aromatic heterocycles. The molecule has 3 heterocycles. The SMILES string of the molecule is Cc1cc(NC(=O)CN(C)C(=O)c2nc(-c3ccco3)sc2C)no1. The van der Waals surface area contributed by atoms with Gasteiger partial charge < -0.3 is 19.2 Å². The zero-order valence-corrected chi connectivity index (χ0v) is 14.7. The van der Waals surface area contributed by atoms with Crippen LogP contribution < -0.4 is 5.32 Å². The molecule has 0 aromatic carbocycles. The summed E-state index contributed by atoms with van der Waals surface area (Å²) in [5, 5.41) is 6.88. The predicted molar refractivity (Wildman–Crippen MR) is 91.4 cm³/mol. The van der Waals surface area contributed by atoms with Gasteiger partial charge in [-0.1, -0.05) is 5.16 Å². The van der Waals surface area contributed by atoms with E-state index < -0.39 is 0 Å². The zero-order valence-electron chi connectivity index (χ0n) is 13.9. The first kappa shape index (κ1) is 16.9. The number of thiazole rings is 1. The van der Waals surface area contributed by atoms with Gasteiger partial charge in [0.15, 0.2) is 16.6 Å². The van der Waals surface area contributed by atoms with Gasteiger partial charge in [-0.15, -0.1) is 11.3 Å². The maximum Gasteiger partial charge on any atom is 0.273 e. The molecule has 0 unspecified atom stereocenters. The molecule has 1 N–H and O–H groups in total. The lowest BCUT2D eigenvalue weighted by Gasteiger charge is -2.15. The summed E-state index contributed by atoms with van der Waals surface area (Å²) in [5.74, 6) is 0.798. The van der Waals surface area contributed by atoms with Crippen LogP contribution >= 0.6 is 11.3 Å². The molecule has 3 rings (SSSR count). The Bertz CT molecular complexity index is 897. The average Bonchev–Trinajstić information content (AvgIpc) is 3.27. The summed E-state index contributed by atoms with van der Waals surface area (Å²) in [7, 11) is 1.54. The molecule has 0 saturated heterocycles. The van der Waals surface area contributed by atoms with Gasteiger partial charge in [0, 0.05) is 18.0 Å². The number of aromatic nitrogens is 2. The summed E-state index contributed by atoms with van der Waals surface area (Å²) in [6.45, 7) is 3.40. The van der Waals surface area contributed by atoms with Gasteiger partial charge in [-0.05, 0) is 26.0 Å². The summed E-state index contributed by atoms with van der Waals surface area (Å²) in [5.41, 5.74) is 0.309. The second kappa shape index (κ2) is 6.89. The molecule has 2 amide bonds. The molecule has 9 heteroatoms. The highest BCUT2D eigenvalue weighted by atomic mass is 32.1. The van der Waals surface area contributed by atoms with Crippen molar-refractivity contribution in [1.82, 2.24) is 15.0 Å². The van der Waals surface area contributed by atoms with Crippen LogP contribution in [0.4, 0.5) is 5.82 Å². The number of furan rings is 1. The molecule has 0 aliphatic carbocycles. The third-order valence-corrected chi connectivity index (χ3v) is 4.34. The highest BCUT2D eigenvalue weighted by Gasteiger charge is 2.22. The van der Waals surface area contributed by atoms with Crippen molar-refractivity contribution in [3.63, 3.8) is 0 Å². The fourth-order valence-corrected chi connectivity index (χ4v) is 3.05. The van der Waals surface area contributed by atoms with E-state index in [0.29, 0.717) is 28.0 Å². The first-order chi connectivity index (χ1) is 11.9. The molecular formula is C16H16N4O4S. The van der Waals surface area contributed by atoms with Gasteiger partial charge in [0.25, 0.3) is 5.91 Å². The van der Waals surface area contributed by atoms with Gasteiger partial charge in [-0.25, -0.2) is 4.98 Å². The van der Waals surface area contributed by atoms with E-state index in [1.54, 1.807) is 38.4 Å². The topological polar surface area (TPSA) is 101 Å². The Balaban J connectivity index is 1.67. The fourth-order valence-electron chi connectivity index (χ4n) is 2.18. The number of rotatable bonds is 5. The van der Waals surface area contributed by atoms with Crippen LogP contribution in [0.2, 0.25) is 0 Å². The largest absolute Gasteiger partial charge is 0.462 e. The summed E-state index contributed by atoms with van der Waals surface area (Å²) in [6.07, 6.45) is 1.55. The van der Waals surface area contributed by atoms with Crippen LogP contribution in [0.3, 0.4) is 0 Å². The molecule has 25 heavy (non-hydrogen) atoms. The minimum atomic E-state index is -0.372. The number of carbonyl (C=O) groups is 2. The lowest BCUT2D eigenvalue weighted by molar-refractivity contribution is -0.116. The number of nitrogens with zero attached hydrogens (tertiary/aromatic N) is 3. The Hall–Kier alpha value is -2.94. The smallest absolute Gasteiger partial charge is 0.273 e. The van der Waals surface area contributed by atoms with Crippen molar-refractivity contribution in [2.45, 2.75) is 13.8 Å². The predicted octanol–water partition coefficient (Wildman–Crippen LogP) is 2.72. The van der Waals surface area contributed by atoms with Crippen LogP contribution in [-0.4, -0.2) is 40.4 Å². The number of amides is 2. The second-order valence-corrected chi connectivity index (χ2v) is 6.64. The number of carbonyl (C=O) groups excluding carboxylic acids is 2. The van der Waals surface area contributed by atoms with Gasteiger partial charge in [0.05, 0.1) is 12.8 Å². The number of likely N-dealkylation sites (N-methyl/N-ethyl adjacent to an activating group) is 1. The van der Waals surface area contributed by atoms with E-state index in [-0.39, 0.29) is 18.4 Å². The standard InChI is InChI=1S/C16H16N4O4S/c1-9-7-12(19-24-9)17-13(21)8-20(3)16(22)14-10(2)25-15(18-14)11-5-4-6-23-11/h4-7H,8H2,1-3H3,(H,17,19,21). The van der Waals surface area contributed by atoms with Crippen LogP contribution in [0.25, 0.3) is 10.8 Å². The maximum absolute atomic E-state index is 12.6. The molecule has 0 aliphatic heterocycles. The first-order valence-electron chi connectivity index (χ1n) is 7.44. The highest BCUT2D eigenvalue weighted by Crippen LogP contribution is 2.28. The number of hydrogen-bond donors (Lipinski definition) is 1. The number of nitrogens with one attached hydrogen (secondary N) is 1. The number of hydrogen-bond acceptors (Lipinski definition) is 7. The van der Waals surface area contributed by atoms with E-state index >= 15 is 0 Å². The molecule has 0 spiro atoms. The third-order valence-electron chi connectivity index (χ3n) is 3.35. The Kier molecular flexibility index (Phi) is 4.66. The zero-order chi connectivity index (χ0) is 18.0. The molecule has 0 radical (unpaired) electrons. The van der Waals surface area contributed by atoms with Crippen molar-refractivity contribution in [2.24, 2.45) is 0 Å². The van der Waals surface area contributed by atoms with Crippen molar-refractivity contribution in [3.05, 3.63) is 40.8 Å². The lowest BCUT2D eigenvalue weighted by Crippen LogP contribution is -2.35. The Morgan fingerprint density at radius 2 is 2.16 bits per heavy atom.